The summed E-state index contributed by atoms with van der Waals surface area (Å²) in [6.45, 7) is 6.62. The van der Waals surface area contributed by atoms with Crippen LogP contribution in [0.25, 0.3) is 23.2 Å². The summed E-state index contributed by atoms with van der Waals surface area (Å²) in [6, 6.07) is 3.25. The van der Waals surface area contributed by atoms with Gasteiger partial charge in [0.25, 0.3) is 11.3 Å². The molecular weight excluding hydrogens is 390 g/mol. The van der Waals surface area contributed by atoms with Crippen molar-refractivity contribution in [3.05, 3.63) is 72.5 Å². The molecule has 0 amide bonds. The highest BCUT2D eigenvalue weighted by molar-refractivity contribution is 5.84. The second kappa shape index (κ2) is 6.74. The number of rotatable bonds is 3. The lowest BCUT2D eigenvalue weighted by Crippen LogP contribution is -2.44. The minimum atomic E-state index is -1.91. The van der Waals surface area contributed by atoms with Gasteiger partial charge in [-0.3, -0.25) is 14.9 Å². The SMILES string of the molecule is C=C/C=c1/nc2c(c/c1=C(/C)[N+](=O)[O-])Cn1c-2cc2c(c1=O)COC(=O)C2(O)CC. The van der Waals surface area contributed by atoms with E-state index in [1.54, 1.807) is 25.1 Å². The Labute approximate surface area is 170 Å². The van der Waals surface area contributed by atoms with Crippen LogP contribution in [0.3, 0.4) is 0 Å². The van der Waals surface area contributed by atoms with Crippen molar-refractivity contribution in [2.75, 3.05) is 0 Å². The van der Waals surface area contributed by atoms with Crippen LogP contribution in [-0.4, -0.2) is 25.6 Å². The van der Waals surface area contributed by atoms with Crippen LogP contribution in [0.15, 0.2) is 29.6 Å². The quantitative estimate of drug-likeness (QED) is 0.375. The number of aromatic nitrogens is 2. The van der Waals surface area contributed by atoms with Crippen molar-refractivity contribution in [2.45, 2.75) is 39.0 Å². The molecule has 2 aromatic rings. The Balaban J connectivity index is 2.06. The molecule has 1 N–H and O–H groups in total. The second-order valence-corrected chi connectivity index (χ2v) is 7.28. The number of carbonyl (C=O) groups is 1. The molecule has 9 heteroatoms. The molecule has 0 aromatic carbocycles. The van der Waals surface area contributed by atoms with Gasteiger partial charge in [0, 0.05) is 18.1 Å². The molecule has 4 rings (SSSR count). The molecule has 30 heavy (non-hydrogen) atoms. The van der Waals surface area contributed by atoms with Gasteiger partial charge in [-0.15, -0.1) is 0 Å². The third-order valence-corrected chi connectivity index (χ3v) is 5.68. The fourth-order valence-electron chi connectivity index (χ4n) is 3.96. The first-order valence-corrected chi connectivity index (χ1v) is 9.38. The van der Waals surface area contributed by atoms with Crippen molar-refractivity contribution < 1.29 is 19.6 Å². The lowest BCUT2D eigenvalue weighted by atomic mass is 9.86. The number of fused-ring (bicyclic) bond motifs is 4. The molecule has 1 unspecified atom stereocenters. The number of carbonyl (C=O) groups excluding carboxylic acids is 1. The summed E-state index contributed by atoms with van der Waals surface area (Å²) in [4.78, 5) is 40.7. The Morgan fingerprint density at radius 3 is 2.83 bits per heavy atom. The normalized spacial score (nSPS) is 20.8. The molecule has 0 saturated carbocycles. The molecule has 0 aliphatic carbocycles. The average molecular weight is 409 g/mol. The summed E-state index contributed by atoms with van der Waals surface area (Å²) in [5.41, 5.74) is -0.359. The van der Waals surface area contributed by atoms with Crippen LogP contribution >= 0.6 is 0 Å². The number of allylic oxidation sites excluding steroid dienone is 1. The predicted molar refractivity (Wildman–Crippen MR) is 107 cm³/mol. The number of ether oxygens (including phenoxy) is 1. The lowest BCUT2D eigenvalue weighted by Gasteiger charge is -2.31. The zero-order chi connectivity index (χ0) is 21.8. The Morgan fingerprint density at radius 2 is 2.20 bits per heavy atom. The summed E-state index contributed by atoms with van der Waals surface area (Å²) in [5, 5.41) is 22.9. The van der Waals surface area contributed by atoms with Crippen LogP contribution in [0.1, 0.15) is 37.0 Å². The maximum atomic E-state index is 13.1. The van der Waals surface area contributed by atoms with Crippen LogP contribution < -0.4 is 16.1 Å². The molecule has 0 fully saturated rings. The molecule has 9 nitrogen and oxygen atoms in total. The van der Waals surface area contributed by atoms with Gasteiger partial charge in [0.15, 0.2) is 5.60 Å². The molecule has 4 heterocycles. The Kier molecular flexibility index (Phi) is 4.43. The van der Waals surface area contributed by atoms with Gasteiger partial charge in [0.1, 0.15) is 6.61 Å². The molecule has 2 aliphatic rings. The van der Waals surface area contributed by atoms with Crippen LogP contribution in [0.4, 0.5) is 0 Å². The van der Waals surface area contributed by atoms with Crippen molar-refractivity contribution in [1.82, 2.24) is 9.55 Å². The van der Waals surface area contributed by atoms with Crippen molar-refractivity contribution in [1.29, 1.82) is 0 Å². The van der Waals surface area contributed by atoms with Crippen LogP contribution in [0.2, 0.25) is 0 Å². The molecule has 154 valence electrons. The molecular formula is C21H19N3O6. The van der Waals surface area contributed by atoms with E-state index in [-0.39, 0.29) is 42.0 Å². The zero-order valence-corrected chi connectivity index (χ0v) is 16.5. The van der Waals surface area contributed by atoms with Gasteiger partial charge in [-0.1, -0.05) is 19.6 Å². The topological polar surface area (TPSA) is 125 Å². The van der Waals surface area contributed by atoms with Gasteiger partial charge in [0.2, 0.25) is 0 Å². The van der Waals surface area contributed by atoms with E-state index >= 15 is 0 Å². The van der Waals surface area contributed by atoms with E-state index in [9.17, 15) is 24.8 Å². The smallest absolute Gasteiger partial charge is 0.343 e. The van der Waals surface area contributed by atoms with Crippen LogP contribution in [0.5, 0.6) is 0 Å². The van der Waals surface area contributed by atoms with E-state index < -0.39 is 16.5 Å². The minimum absolute atomic E-state index is 0.0490. The van der Waals surface area contributed by atoms with Crippen molar-refractivity contribution in [3.8, 4) is 11.4 Å². The minimum Gasteiger partial charge on any atom is -0.458 e. The highest BCUT2D eigenvalue weighted by atomic mass is 16.6. The maximum Gasteiger partial charge on any atom is 0.343 e. The first-order chi connectivity index (χ1) is 14.2. The molecule has 0 spiro atoms. The maximum absolute atomic E-state index is 13.1. The summed E-state index contributed by atoms with van der Waals surface area (Å²) in [6.07, 6.45) is 3.08. The molecule has 0 radical (unpaired) electrons. The van der Waals surface area contributed by atoms with Gasteiger partial charge in [-0.05, 0) is 24.6 Å². The first-order valence-electron chi connectivity index (χ1n) is 9.38. The first kappa shape index (κ1) is 19.7. The number of nitro groups is 1. The Morgan fingerprint density at radius 1 is 1.47 bits per heavy atom. The van der Waals surface area contributed by atoms with E-state index in [4.69, 9.17) is 4.74 Å². The fourth-order valence-corrected chi connectivity index (χ4v) is 3.96. The predicted octanol–water partition coefficient (Wildman–Crippen LogP) is 0.298. The number of hydrogen-bond donors (Lipinski definition) is 1. The Hall–Kier alpha value is -3.59. The second-order valence-electron chi connectivity index (χ2n) is 7.28. The van der Waals surface area contributed by atoms with E-state index in [1.165, 1.54) is 17.6 Å². The number of cyclic esters (lactones) is 1. The van der Waals surface area contributed by atoms with Crippen molar-refractivity contribution in [2.24, 2.45) is 0 Å². The molecule has 0 bridgehead atoms. The van der Waals surface area contributed by atoms with Crippen molar-refractivity contribution in [3.63, 3.8) is 0 Å². The van der Waals surface area contributed by atoms with Gasteiger partial charge in [0.05, 0.1) is 39.0 Å². The number of esters is 1. The van der Waals surface area contributed by atoms with Crippen LogP contribution in [0, 0.1) is 10.1 Å². The highest BCUT2D eigenvalue weighted by Crippen LogP contribution is 2.37. The number of nitrogens with zero attached hydrogens (tertiary/aromatic N) is 3. The molecule has 1 atom stereocenters. The number of pyridine rings is 2. The van der Waals surface area contributed by atoms with Gasteiger partial charge < -0.3 is 14.4 Å². The average Bonchev–Trinajstić information content (AvgIpc) is 3.08. The fraction of sp³-hybridized carbons (Fsp3) is 0.286. The van der Waals surface area contributed by atoms with Gasteiger partial charge in [-0.25, -0.2) is 9.78 Å². The summed E-state index contributed by atoms with van der Waals surface area (Å²) in [5.74, 6) is -0.791. The van der Waals surface area contributed by atoms with E-state index in [0.29, 0.717) is 27.5 Å². The standard InChI is InChI=1S/C21H19N3O6/c1-4-6-16-13(11(3)24(28)29)7-12-9-23-17(18(12)22-16)8-15-14(19(23)25)10-30-20(26)21(15,27)5-2/h4,6-8,27H,1,5,9-10H2,2-3H3/b13-11+,16-6+. The summed E-state index contributed by atoms with van der Waals surface area (Å²) in [7, 11) is 0. The van der Waals surface area contributed by atoms with E-state index in [0.717, 1.165) is 0 Å². The van der Waals surface area contributed by atoms with Crippen LogP contribution in [-0.2, 0) is 28.3 Å². The van der Waals surface area contributed by atoms with Crippen molar-refractivity contribution >= 4 is 17.7 Å². The summed E-state index contributed by atoms with van der Waals surface area (Å²) < 4.78 is 6.53. The highest BCUT2D eigenvalue weighted by Gasteiger charge is 2.45. The third kappa shape index (κ3) is 2.62. The molecule has 2 aliphatic heterocycles. The number of aliphatic hydroxyl groups is 1. The van der Waals surface area contributed by atoms with Gasteiger partial charge >= 0.3 is 5.97 Å². The lowest BCUT2D eigenvalue weighted by molar-refractivity contribution is -0.379. The zero-order valence-electron chi connectivity index (χ0n) is 16.5. The van der Waals surface area contributed by atoms with Gasteiger partial charge in [-0.2, -0.15) is 0 Å². The van der Waals surface area contributed by atoms with E-state index in [1.807, 2.05) is 0 Å². The summed E-state index contributed by atoms with van der Waals surface area (Å²) >= 11 is 0. The third-order valence-electron chi connectivity index (χ3n) is 5.68. The molecule has 2 aromatic heterocycles. The Bertz CT molecular complexity index is 1320. The van der Waals surface area contributed by atoms with E-state index in [2.05, 4.69) is 11.6 Å². The largest absolute Gasteiger partial charge is 0.458 e. The molecule has 0 saturated heterocycles. The number of hydrogen-bond acceptors (Lipinski definition) is 7. The monoisotopic (exact) mass is 409 g/mol.